The Morgan fingerprint density at radius 2 is 1.87 bits per heavy atom. The first kappa shape index (κ1) is 22.0. The molecule has 1 fully saturated rings. The lowest BCUT2D eigenvalue weighted by atomic mass is 10.0. The summed E-state index contributed by atoms with van der Waals surface area (Å²) in [6.07, 6.45) is 1.94. The van der Waals surface area contributed by atoms with Crippen molar-refractivity contribution in [1.29, 1.82) is 0 Å². The van der Waals surface area contributed by atoms with E-state index in [2.05, 4.69) is 24.1 Å². The predicted molar refractivity (Wildman–Crippen MR) is 98.8 cm³/mol. The Labute approximate surface area is 151 Å². The van der Waals surface area contributed by atoms with Gasteiger partial charge in [0.1, 0.15) is 6.04 Å². The van der Waals surface area contributed by atoms with Gasteiger partial charge in [-0.15, -0.1) is 24.8 Å². The number of carbonyl (C=O) groups excluding carboxylic acids is 1. The molecule has 0 spiro atoms. The number of para-hydroxylation sites is 1. The van der Waals surface area contributed by atoms with E-state index in [0.29, 0.717) is 6.04 Å². The molecule has 2 rings (SSSR count). The molecule has 1 aliphatic heterocycles. The van der Waals surface area contributed by atoms with Crippen LogP contribution in [0.3, 0.4) is 0 Å². The van der Waals surface area contributed by atoms with Gasteiger partial charge in [0, 0.05) is 39.0 Å². The minimum Gasteiger partial charge on any atom is -0.383 e. The van der Waals surface area contributed by atoms with Gasteiger partial charge in [-0.05, 0) is 25.0 Å². The predicted octanol–water partition coefficient (Wildman–Crippen LogP) is 1.93. The zero-order valence-electron chi connectivity index (χ0n) is 13.7. The van der Waals surface area contributed by atoms with Crippen molar-refractivity contribution in [3.05, 3.63) is 30.3 Å². The van der Waals surface area contributed by atoms with E-state index in [1.54, 1.807) is 7.11 Å². The molecule has 0 aliphatic carbocycles. The third-order valence-electron chi connectivity index (χ3n) is 4.15. The standard InChI is InChI=1S/C16H25N3O2.2ClH/c1-18(13-6-4-3-5-7-13)14-8-10-19(11-9-14)16(20)15(17)12-21-2;;/h3-7,14-15H,8-12,17H2,1-2H3;2*1H. The van der Waals surface area contributed by atoms with Crippen LogP contribution in [-0.4, -0.2) is 56.7 Å². The highest BCUT2D eigenvalue weighted by molar-refractivity contribution is 5.85. The third kappa shape index (κ3) is 5.84. The number of hydrogen-bond acceptors (Lipinski definition) is 4. The van der Waals surface area contributed by atoms with Crippen LogP contribution in [0.25, 0.3) is 0 Å². The molecule has 5 nitrogen and oxygen atoms in total. The number of nitrogens with zero attached hydrogens (tertiary/aromatic N) is 2. The molecule has 1 heterocycles. The van der Waals surface area contributed by atoms with E-state index in [4.69, 9.17) is 10.5 Å². The molecule has 1 aromatic rings. The van der Waals surface area contributed by atoms with Crippen molar-refractivity contribution in [2.24, 2.45) is 5.73 Å². The van der Waals surface area contributed by atoms with E-state index < -0.39 is 6.04 Å². The molecule has 132 valence electrons. The second-order valence-electron chi connectivity index (χ2n) is 5.56. The van der Waals surface area contributed by atoms with Crippen LogP contribution in [0.5, 0.6) is 0 Å². The Kier molecular flexibility index (Phi) is 10.2. The van der Waals surface area contributed by atoms with Gasteiger partial charge in [0.05, 0.1) is 6.61 Å². The molecule has 1 amide bonds. The molecule has 1 unspecified atom stereocenters. The van der Waals surface area contributed by atoms with E-state index >= 15 is 0 Å². The van der Waals surface area contributed by atoms with Crippen LogP contribution in [0.15, 0.2) is 30.3 Å². The second kappa shape index (κ2) is 10.7. The van der Waals surface area contributed by atoms with Crippen molar-refractivity contribution in [3.63, 3.8) is 0 Å². The van der Waals surface area contributed by atoms with Crippen LogP contribution >= 0.6 is 24.8 Å². The minimum atomic E-state index is -0.543. The van der Waals surface area contributed by atoms with Crippen molar-refractivity contribution in [2.75, 3.05) is 38.8 Å². The molecule has 0 bridgehead atoms. The quantitative estimate of drug-likeness (QED) is 0.868. The van der Waals surface area contributed by atoms with E-state index in [9.17, 15) is 4.79 Å². The maximum atomic E-state index is 12.1. The number of carbonyl (C=O) groups is 1. The molecule has 1 atom stereocenters. The minimum absolute atomic E-state index is 0. The Bertz CT molecular complexity index is 454. The number of piperidine rings is 1. The summed E-state index contributed by atoms with van der Waals surface area (Å²) < 4.78 is 4.95. The van der Waals surface area contributed by atoms with Crippen molar-refractivity contribution in [1.82, 2.24) is 4.90 Å². The first-order valence-corrected chi connectivity index (χ1v) is 7.44. The Balaban J connectivity index is 0.00000242. The number of nitrogens with two attached hydrogens (primary N) is 1. The summed E-state index contributed by atoms with van der Waals surface area (Å²) in [5.41, 5.74) is 7.04. The molecule has 7 heteroatoms. The first-order chi connectivity index (χ1) is 10.1. The molecule has 2 N–H and O–H groups in total. The molecule has 1 aromatic carbocycles. The monoisotopic (exact) mass is 363 g/mol. The lowest BCUT2D eigenvalue weighted by Crippen LogP contribution is -2.51. The summed E-state index contributed by atoms with van der Waals surface area (Å²) in [6.45, 7) is 1.80. The van der Waals surface area contributed by atoms with Gasteiger partial charge in [0.25, 0.3) is 0 Å². The lowest BCUT2D eigenvalue weighted by molar-refractivity contribution is -0.134. The second-order valence-corrected chi connectivity index (χ2v) is 5.56. The normalized spacial score (nSPS) is 16.0. The SMILES string of the molecule is COCC(N)C(=O)N1CCC(N(C)c2ccccc2)CC1.Cl.Cl. The smallest absolute Gasteiger partial charge is 0.241 e. The van der Waals surface area contributed by atoms with Crippen molar-refractivity contribution in [3.8, 4) is 0 Å². The number of amides is 1. The van der Waals surface area contributed by atoms with E-state index in [-0.39, 0.29) is 37.3 Å². The summed E-state index contributed by atoms with van der Waals surface area (Å²) in [6, 6.07) is 10.3. The van der Waals surface area contributed by atoms with Gasteiger partial charge in [0.2, 0.25) is 5.91 Å². The third-order valence-corrected chi connectivity index (χ3v) is 4.15. The molecule has 23 heavy (non-hydrogen) atoms. The van der Waals surface area contributed by atoms with Crippen LogP contribution in [0.2, 0.25) is 0 Å². The number of benzene rings is 1. The van der Waals surface area contributed by atoms with Gasteiger partial charge in [-0.1, -0.05) is 18.2 Å². The summed E-state index contributed by atoms with van der Waals surface area (Å²) in [7, 11) is 3.68. The van der Waals surface area contributed by atoms with Crippen LogP contribution in [0.4, 0.5) is 5.69 Å². The summed E-state index contributed by atoms with van der Waals surface area (Å²) in [4.78, 5) is 16.3. The summed E-state index contributed by atoms with van der Waals surface area (Å²) in [5.74, 6) is -0.00216. The topological polar surface area (TPSA) is 58.8 Å². The highest BCUT2D eigenvalue weighted by Crippen LogP contribution is 2.22. The van der Waals surface area contributed by atoms with Crippen LogP contribution in [0.1, 0.15) is 12.8 Å². The van der Waals surface area contributed by atoms with E-state index in [1.165, 1.54) is 5.69 Å². The number of methoxy groups -OCH3 is 1. The van der Waals surface area contributed by atoms with Crippen LogP contribution < -0.4 is 10.6 Å². The highest BCUT2D eigenvalue weighted by Gasteiger charge is 2.28. The number of ether oxygens (including phenoxy) is 1. The largest absolute Gasteiger partial charge is 0.383 e. The van der Waals surface area contributed by atoms with Gasteiger partial charge >= 0.3 is 0 Å². The summed E-state index contributed by atoms with van der Waals surface area (Å²) in [5, 5.41) is 0. The fourth-order valence-corrected chi connectivity index (χ4v) is 2.83. The number of likely N-dealkylation sites (tertiary alicyclic amines) is 1. The zero-order chi connectivity index (χ0) is 15.2. The first-order valence-electron chi connectivity index (χ1n) is 7.44. The Morgan fingerprint density at radius 1 is 1.30 bits per heavy atom. The molecule has 1 aliphatic rings. The average molecular weight is 364 g/mol. The zero-order valence-corrected chi connectivity index (χ0v) is 15.3. The highest BCUT2D eigenvalue weighted by atomic mass is 35.5. The van der Waals surface area contributed by atoms with E-state index in [1.807, 2.05) is 23.1 Å². The maximum absolute atomic E-state index is 12.1. The summed E-state index contributed by atoms with van der Waals surface area (Å²) >= 11 is 0. The fourth-order valence-electron chi connectivity index (χ4n) is 2.83. The molecule has 0 saturated carbocycles. The van der Waals surface area contributed by atoms with E-state index in [0.717, 1.165) is 25.9 Å². The van der Waals surface area contributed by atoms with Gasteiger partial charge in [-0.2, -0.15) is 0 Å². The number of rotatable bonds is 5. The molecular formula is C16H27Cl2N3O2. The number of anilines is 1. The molecule has 1 saturated heterocycles. The van der Waals surface area contributed by atoms with Gasteiger partial charge < -0.3 is 20.3 Å². The molecule has 0 aromatic heterocycles. The Hall–Kier alpha value is -1.01. The van der Waals surface area contributed by atoms with Crippen LogP contribution in [-0.2, 0) is 9.53 Å². The van der Waals surface area contributed by atoms with Gasteiger partial charge in [-0.3, -0.25) is 4.79 Å². The van der Waals surface area contributed by atoms with Crippen molar-refractivity contribution < 1.29 is 9.53 Å². The Morgan fingerprint density at radius 3 is 2.39 bits per heavy atom. The van der Waals surface area contributed by atoms with Gasteiger partial charge in [-0.25, -0.2) is 0 Å². The molecule has 0 radical (unpaired) electrons. The maximum Gasteiger partial charge on any atom is 0.241 e. The van der Waals surface area contributed by atoms with Gasteiger partial charge in [0.15, 0.2) is 0 Å². The van der Waals surface area contributed by atoms with Crippen molar-refractivity contribution >= 4 is 36.4 Å². The number of hydrogen-bond donors (Lipinski definition) is 1. The molecular weight excluding hydrogens is 337 g/mol. The van der Waals surface area contributed by atoms with Crippen LogP contribution in [0, 0.1) is 0 Å². The van der Waals surface area contributed by atoms with Crippen molar-refractivity contribution in [2.45, 2.75) is 24.9 Å². The number of halogens is 2. The lowest BCUT2D eigenvalue weighted by Gasteiger charge is -2.38. The fraction of sp³-hybridized carbons (Fsp3) is 0.562. The average Bonchev–Trinajstić information content (AvgIpc) is 2.54.